The smallest absolute Gasteiger partial charge is 0.184 e. The number of ether oxygens (including phenoxy) is 1. The first-order valence-electron chi connectivity index (χ1n) is 10.1. The van der Waals surface area contributed by atoms with E-state index in [0.29, 0.717) is 23.4 Å². The first-order valence-corrected chi connectivity index (χ1v) is 10.1. The fraction of sp³-hybridized carbons (Fsp3) is 0.684. The molecule has 28 heavy (non-hydrogen) atoms. The van der Waals surface area contributed by atoms with Crippen molar-refractivity contribution in [2.75, 3.05) is 19.7 Å². The van der Waals surface area contributed by atoms with Gasteiger partial charge in [-0.2, -0.15) is 0 Å². The van der Waals surface area contributed by atoms with Gasteiger partial charge in [0.1, 0.15) is 18.7 Å². The van der Waals surface area contributed by atoms with Crippen molar-refractivity contribution in [3.05, 3.63) is 12.7 Å². The topological polar surface area (TPSA) is 109 Å². The Hall–Kier alpha value is -2.10. The molecule has 1 fully saturated rings. The van der Waals surface area contributed by atoms with Crippen LogP contribution in [0, 0.1) is 0 Å². The molecular weight excluding hydrogens is 360 g/mol. The lowest BCUT2D eigenvalue weighted by atomic mass is 10.2. The lowest BCUT2D eigenvalue weighted by Crippen LogP contribution is -2.24. The average molecular weight is 390 g/mol. The zero-order valence-corrected chi connectivity index (χ0v) is 16.6. The van der Waals surface area contributed by atoms with E-state index in [-0.39, 0.29) is 6.61 Å². The van der Waals surface area contributed by atoms with Gasteiger partial charge in [-0.3, -0.25) is 4.57 Å². The number of fused-ring (bicyclic) bond motifs is 1. The lowest BCUT2D eigenvalue weighted by Gasteiger charge is -2.18. The largest absolute Gasteiger partial charge is 0.394 e. The van der Waals surface area contributed by atoms with Crippen LogP contribution in [-0.2, 0) is 4.74 Å². The summed E-state index contributed by atoms with van der Waals surface area (Å²) in [5.41, 5.74) is 1.20. The third-order valence-electron chi connectivity index (χ3n) is 4.97. The Kier molecular flexibility index (Phi) is 7.30. The van der Waals surface area contributed by atoms with Crippen molar-refractivity contribution in [1.29, 1.82) is 0 Å². The number of rotatable bonds is 10. The van der Waals surface area contributed by atoms with E-state index in [0.717, 1.165) is 38.8 Å². The van der Waals surface area contributed by atoms with Crippen LogP contribution >= 0.6 is 0 Å². The number of hydrogen-bond acceptors (Lipinski definition) is 7. The summed E-state index contributed by atoms with van der Waals surface area (Å²) in [6.07, 6.45) is 8.12. The monoisotopic (exact) mass is 390 g/mol. The number of nitrogens with zero attached hydrogens (tertiary/aromatic N) is 6. The molecule has 2 N–H and O–H groups in total. The molecule has 3 rings (SSSR count). The van der Waals surface area contributed by atoms with Gasteiger partial charge in [0, 0.05) is 19.5 Å². The Bertz CT molecular complexity index is 772. The Morgan fingerprint density at radius 3 is 2.64 bits per heavy atom. The van der Waals surface area contributed by atoms with E-state index in [2.05, 4.69) is 38.7 Å². The summed E-state index contributed by atoms with van der Waals surface area (Å²) in [5, 5.41) is 19.3. The molecule has 3 heterocycles. The number of imidazole rings is 1. The molecule has 9 nitrogen and oxygen atoms in total. The normalized spacial score (nSPS) is 22.5. The van der Waals surface area contributed by atoms with Gasteiger partial charge in [-0.1, -0.05) is 26.7 Å². The zero-order chi connectivity index (χ0) is 19.9. The van der Waals surface area contributed by atoms with Gasteiger partial charge in [-0.05, 0) is 12.8 Å². The molecule has 2 aromatic rings. The van der Waals surface area contributed by atoms with Crippen molar-refractivity contribution >= 4 is 23.3 Å². The fourth-order valence-corrected chi connectivity index (χ4v) is 3.28. The molecule has 3 atom stereocenters. The van der Waals surface area contributed by atoms with E-state index in [1.165, 1.54) is 6.33 Å². The van der Waals surface area contributed by atoms with Crippen molar-refractivity contribution in [3.8, 4) is 0 Å². The minimum Gasteiger partial charge on any atom is -0.394 e. The maximum atomic E-state index is 9.99. The van der Waals surface area contributed by atoms with E-state index >= 15 is 0 Å². The summed E-state index contributed by atoms with van der Waals surface area (Å²) >= 11 is 0. The molecule has 1 saturated heterocycles. The molecule has 0 amide bonds. The third-order valence-corrected chi connectivity index (χ3v) is 4.97. The maximum absolute atomic E-state index is 9.99. The van der Waals surface area contributed by atoms with Crippen LogP contribution in [0.25, 0.3) is 11.2 Å². The van der Waals surface area contributed by atoms with Crippen molar-refractivity contribution in [2.45, 2.75) is 64.4 Å². The SMILES string of the molecule is CCCCN(/C=N/c1ncnc2c1ncn2[C@H]1C[C@H](O)[C@@H](CO)O1)CCCC. The van der Waals surface area contributed by atoms with Crippen molar-refractivity contribution in [1.82, 2.24) is 24.4 Å². The second-order valence-electron chi connectivity index (χ2n) is 7.12. The highest BCUT2D eigenvalue weighted by Gasteiger charge is 2.35. The quantitative estimate of drug-likeness (QED) is 0.472. The van der Waals surface area contributed by atoms with Gasteiger partial charge < -0.3 is 19.8 Å². The van der Waals surface area contributed by atoms with Gasteiger partial charge in [0.15, 0.2) is 17.0 Å². The maximum Gasteiger partial charge on any atom is 0.184 e. The van der Waals surface area contributed by atoms with Gasteiger partial charge in [0.05, 0.1) is 25.4 Å². The van der Waals surface area contributed by atoms with Gasteiger partial charge in [-0.15, -0.1) is 0 Å². The molecule has 9 heteroatoms. The molecule has 1 aliphatic heterocycles. The summed E-state index contributed by atoms with van der Waals surface area (Å²) in [5.74, 6) is 0.513. The minimum atomic E-state index is -0.711. The van der Waals surface area contributed by atoms with Crippen LogP contribution in [0.3, 0.4) is 0 Å². The van der Waals surface area contributed by atoms with Crippen LogP contribution in [0.1, 0.15) is 52.2 Å². The number of aliphatic imine (C=N–C) groups is 1. The first-order chi connectivity index (χ1) is 13.7. The molecule has 1 aliphatic rings. The standard InChI is InChI=1S/C19H30N6O3/c1-3-5-7-24(8-6-4-2)12-23-18-17-19(21-11-20-18)25(13-22-17)16-9-14(27)15(10-26)28-16/h11-16,26-27H,3-10H2,1-2H3/b23-12+/t14-,15+,16+/m0/s1. The van der Waals surface area contributed by atoms with Gasteiger partial charge >= 0.3 is 0 Å². The van der Waals surface area contributed by atoms with E-state index in [4.69, 9.17) is 4.74 Å². The average Bonchev–Trinajstić information content (AvgIpc) is 3.30. The molecule has 0 unspecified atom stereocenters. The Labute approximate surface area is 165 Å². The molecule has 0 spiro atoms. The van der Waals surface area contributed by atoms with Crippen LogP contribution in [0.2, 0.25) is 0 Å². The molecule has 0 radical (unpaired) electrons. The molecule has 154 valence electrons. The predicted octanol–water partition coefficient (Wildman–Crippen LogP) is 2.03. The summed E-state index contributed by atoms with van der Waals surface area (Å²) in [6.45, 7) is 6.08. The third kappa shape index (κ3) is 4.65. The Morgan fingerprint density at radius 1 is 1.25 bits per heavy atom. The minimum absolute atomic E-state index is 0.222. The lowest BCUT2D eigenvalue weighted by molar-refractivity contribution is -0.0432. The van der Waals surface area contributed by atoms with Crippen LogP contribution in [-0.4, -0.2) is 72.9 Å². The van der Waals surface area contributed by atoms with Gasteiger partial charge in [0.25, 0.3) is 0 Å². The first kappa shape index (κ1) is 20.6. The highest BCUT2D eigenvalue weighted by Crippen LogP contribution is 2.31. The van der Waals surface area contributed by atoms with Crippen molar-refractivity contribution < 1.29 is 14.9 Å². The number of hydrogen-bond donors (Lipinski definition) is 2. The molecule has 0 aromatic carbocycles. The Balaban J connectivity index is 1.80. The van der Waals surface area contributed by atoms with Crippen molar-refractivity contribution in [2.24, 2.45) is 4.99 Å². The van der Waals surface area contributed by atoms with Gasteiger partial charge in [0.2, 0.25) is 0 Å². The highest BCUT2D eigenvalue weighted by molar-refractivity contribution is 5.82. The Morgan fingerprint density at radius 2 is 2.00 bits per heavy atom. The van der Waals surface area contributed by atoms with E-state index in [1.54, 1.807) is 10.9 Å². The molecule has 0 aliphatic carbocycles. The summed E-state index contributed by atoms with van der Waals surface area (Å²) in [6, 6.07) is 0. The predicted molar refractivity (Wildman–Crippen MR) is 106 cm³/mol. The molecule has 2 aromatic heterocycles. The number of aliphatic hydroxyl groups excluding tert-OH is 2. The molecule has 0 saturated carbocycles. The van der Waals surface area contributed by atoms with Crippen molar-refractivity contribution in [3.63, 3.8) is 0 Å². The highest BCUT2D eigenvalue weighted by atomic mass is 16.5. The van der Waals surface area contributed by atoms with E-state index < -0.39 is 18.4 Å². The second-order valence-corrected chi connectivity index (χ2v) is 7.12. The van der Waals surface area contributed by atoms with Gasteiger partial charge in [-0.25, -0.2) is 19.9 Å². The molecule has 0 bridgehead atoms. The summed E-state index contributed by atoms with van der Waals surface area (Å²) in [4.78, 5) is 19.8. The van der Waals surface area contributed by atoms with Crippen LogP contribution in [0.4, 0.5) is 5.82 Å². The van der Waals surface area contributed by atoms with Crippen LogP contribution in [0.15, 0.2) is 17.6 Å². The second kappa shape index (κ2) is 9.90. The number of aliphatic hydroxyl groups is 2. The van der Waals surface area contributed by atoms with E-state index in [1.807, 2.05) is 6.34 Å². The van der Waals surface area contributed by atoms with Crippen LogP contribution in [0.5, 0.6) is 0 Å². The molecular formula is C19H30N6O3. The zero-order valence-electron chi connectivity index (χ0n) is 16.6. The van der Waals surface area contributed by atoms with E-state index in [9.17, 15) is 10.2 Å². The van der Waals surface area contributed by atoms with Crippen LogP contribution < -0.4 is 0 Å². The fourth-order valence-electron chi connectivity index (χ4n) is 3.28. The number of aromatic nitrogens is 4. The summed E-state index contributed by atoms with van der Waals surface area (Å²) < 4.78 is 7.48. The summed E-state index contributed by atoms with van der Waals surface area (Å²) in [7, 11) is 0. The number of unbranched alkanes of at least 4 members (excludes halogenated alkanes) is 2.